The van der Waals surface area contributed by atoms with Crippen molar-refractivity contribution >= 4 is 17.7 Å². The highest BCUT2D eigenvalue weighted by molar-refractivity contribution is 7.99. The number of aliphatic hydroxyl groups excluding tert-OH is 1. The first-order valence-electron chi connectivity index (χ1n) is 6.05. The number of nitrogens with zero attached hydrogens (tertiary/aromatic N) is 4. The minimum absolute atomic E-state index is 0.0671. The lowest BCUT2D eigenvalue weighted by Crippen LogP contribution is -2.55. The quantitative estimate of drug-likeness (QED) is 0.711. The van der Waals surface area contributed by atoms with Crippen LogP contribution in [0.5, 0.6) is 0 Å². The Labute approximate surface area is 115 Å². The lowest BCUT2D eigenvalue weighted by atomic mass is 9.91. The van der Waals surface area contributed by atoms with Crippen LogP contribution in [0.2, 0.25) is 0 Å². The number of piperidine rings is 1. The first-order chi connectivity index (χ1) is 8.90. The molecule has 1 saturated heterocycles. The smallest absolute Gasteiger partial charge is 0.233 e. The van der Waals surface area contributed by atoms with E-state index >= 15 is 0 Å². The van der Waals surface area contributed by atoms with Crippen molar-refractivity contribution in [2.24, 2.45) is 7.05 Å². The highest BCUT2D eigenvalue weighted by Gasteiger charge is 2.37. The molecule has 2 heterocycles. The number of aromatic nitrogens is 3. The summed E-state index contributed by atoms with van der Waals surface area (Å²) < 4.78 is 1.74. The van der Waals surface area contributed by atoms with E-state index in [0.717, 1.165) is 0 Å². The molecule has 2 N–H and O–H groups in total. The fourth-order valence-corrected chi connectivity index (χ4v) is 2.66. The van der Waals surface area contributed by atoms with Crippen molar-refractivity contribution in [3.63, 3.8) is 0 Å². The van der Waals surface area contributed by atoms with Crippen LogP contribution in [0.3, 0.4) is 0 Å². The molecular weight excluding hydrogens is 268 g/mol. The Morgan fingerprint density at radius 1 is 1.68 bits per heavy atom. The van der Waals surface area contributed by atoms with E-state index in [9.17, 15) is 15.0 Å². The van der Waals surface area contributed by atoms with Crippen molar-refractivity contribution in [1.82, 2.24) is 19.7 Å². The van der Waals surface area contributed by atoms with E-state index < -0.39 is 11.7 Å². The number of hydrogen-bond acceptors (Lipinski definition) is 6. The van der Waals surface area contributed by atoms with E-state index in [1.165, 1.54) is 11.8 Å². The van der Waals surface area contributed by atoms with Crippen LogP contribution in [-0.2, 0) is 11.8 Å². The van der Waals surface area contributed by atoms with E-state index in [2.05, 4.69) is 10.2 Å². The van der Waals surface area contributed by atoms with Crippen molar-refractivity contribution in [1.29, 1.82) is 0 Å². The zero-order valence-electron chi connectivity index (χ0n) is 11.0. The van der Waals surface area contributed by atoms with Crippen molar-refractivity contribution < 1.29 is 15.0 Å². The molecule has 19 heavy (non-hydrogen) atoms. The van der Waals surface area contributed by atoms with Gasteiger partial charge in [-0.05, 0) is 13.3 Å². The normalized spacial score (nSPS) is 27.6. The van der Waals surface area contributed by atoms with Crippen molar-refractivity contribution in [3.05, 3.63) is 6.33 Å². The number of carbonyl (C=O) groups is 1. The second-order valence-electron chi connectivity index (χ2n) is 4.98. The molecule has 106 valence electrons. The standard InChI is InChI=1S/C11H18N4O3S/c1-11(18)3-4-15(5-8(11)16)9(17)6-19-10-13-12-7-14(10)2/h7-8,16,18H,3-6H2,1-2H3/t8-,11+/m0/s1. The van der Waals surface area contributed by atoms with Gasteiger partial charge in [0.15, 0.2) is 5.16 Å². The summed E-state index contributed by atoms with van der Waals surface area (Å²) in [4.78, 5) is 13.6. The van der Waals surface area contributed by atoms with Crippen molar-refractivity contribution in [3.8, 4) is 0 Å². The Morgan fingerprint density at radius 2 is 2.42 bits per heavy atom. The van der Waals surface area contributed by atoms with E-state index in [0.29, 0.717) is 18.1 Å². The Balaban J connectivity index is 1.86. The zero-order valence-corrected chi connectivity index (χ0v) is 11.8. The fourth-order valence-electron chi connectivity index (χ4n) is 1.87. The predicted octanol–water partition coefficient (Wildman–Crippen LogP) is -0.749. The van der Waals surface area contributed by atoms with Crippen LogP contribution in [0, 0.1) is 0 Å². The maximum absolute atomic E-state index is 12.0. The molecule has 1 fully saturated rings. The van der Waals surface area contributed by atoms with Crippen LogP contribution in [0.4, 0.5) is 0 Å². The molecule has 8 heteroatoms. The van der Waals surface area contributed by atoms with Crippen LogP contribution < -0.4 is 0 Å². The second kappa shape index (κ2) is 5.48. The molecule has 7 nitrogen and oxygen atoms in total. The molecule has 1 aromatic rings. The Bertz CT molecular complexity index is 463. The zero-order chi connectivity index (χ0) is 14.0. The maximum Gasteiger partial charge on any atom is 0.233 e. The van der Waals surface area contributed by atoms with Gasteiger partial charge in [0.05, 0.1) is 17.5 Å². The molecule has 1 aliphatic rings. The molecule has 0 unspecified atom stereocenters. The number of thioether (sulfide) groups is 1. The SMILES string of the molecule is Cn1cnnc1SCC(=O)N1CC[C@@](C)(O)[C@@H](O)C1. The molecule has 0 saturated carbocycles. The van der Waals surface area contributed by atoms with E-state index in [1.54, 1.807) is 22.7 Å². The monoisotopic (exact) mass is 286 g/mol. The number of amides is 1. The third kappa shape index (κ3) is 3.26. The van der Waals surface area contributed by atoms with E-state index in [4.69, 9.17) is 0 Å². The number of hydrogen-bond donors (Lipinski definition) is 2. The van der Waals surface area contributed by atoms with Crippen LogP contribution in [0.25, 0.3) is 0 Å². The molecule has 0 bridgehead atoms. The topological polar surface area (TPSA) is 91.5 Å². The summed E-state index contributed by atoms with van der Waals surface area (Å²) in [7, 11) is 1.81. The minimum Gasteiger partial charge on any atom is -0.388 e. The number of β-amino-alcohol motifs (C(OH)–C–C–N with tert-alkyl or cyclic N) is 1. The van der Waals surface area contributed by atoms with Gasteiger partial charge in [0.2, 0.25) is 5.91 Å². The fraction of sp³-hybridized carbons (Fsp3) is 0.727. The van der Waals surface area contributed by atoms with Crippen LogP contribution >= 0.6 is 11.8 Å². The van der Waals surface area contributed by atoms with Crippen molar-refractivity contribution in [2.45, 2.75) is 30.2 Å². The Morgan fingerprint density at radius 3 is 3.00 bits per heavy atom. The summed E-state index contributed by atoms with van der Waals surface area (Å²) in [6, 6.07) is 0. The summed E-state index contributed by atoms with van der Waals surface area (Å²) in [5.74, 6) is 0.184. The third-order valence-electron chi connectivity index (χ3n) is 3.35. The number of aryl methyl sites for hydroxylation is 1. The average molecular weight is 286 g/mol. The lowest BCUT2D eigenvalue weighted by molar-refractivity contribution is -0.143. The van der Waals surface area contributed by atoms with Gasteiger partial charge in [-0.3, -0.25) is 4.79 Å². The molecule has 1 amide bonds. The molecule has 2 rings (SSSR count). The number of carbonyl (C=O) groups excluding carboxylic acids is 1. The van der Waals surface area contributed by atoms with Gasteiger partial charge in [0.1, 0.15) is 6.33 Å². The van der Waals surface area contributed by atoms with Crippen LogP contribution in [0.15, 0.2) is 11.5 Å². The average Bonchev–Trinajstić information content (AvgIpc) is 2.75. The van der Waals surface area contributed by atoms with Gasteiger partial charge >= 0.3 is 0 Å². The summed E-state index contributed by atoms with van der Waals surface area (Å²) in [6.45, 7) is 2.22. The van der Waals surface area contributed by atoms with Gasteiger partial charge < -0.3 is 19.7 Å². The summed E-state index contributed by atoms with van der Waals surface area (Å²) in [6.07, 6.45) is 1.06. The Kier molecular flexibility index (Phi) is 4.12. The third-order valence-corrected chi connectivity index (χ3v) is 4.37. The number of aliphatic hydroxyl groups is 2. The van der Waals surface area contributed by atoms with Crippen molar-refractivity contribution in [2.75, 3.05) is 18.8 Å². The van der Waals surface area contributed by atoms with Gasteiger partial charge in [-0.15, -0.1) is 10.2 Å². The molecular formula is C11H18N4O3S. The van der Waals surface area contributed by atoms with Crippen LogP contribution in [0.1, 0.15) is 13.3 Å². The van der Waals surface area contributed by atoms with Crippen LogP contribution in [-0.4, -0.2) is 66.3 Å². The van der Waals surface area contributed by atoms with Gasteiger partial charge in [-0.2, -0.15) is 0 Å². The lowest BCUT2D eigenvalue weighted by Gasteiger charge is -2.39. The second-order valence-corrected chi connectivity index (χ2v) is 5.92. The largest absolute Gasteiger partial charge is 0.388 e. The minimum atomic E-state index is -1.10. The van der Waals surface area contributed by atoms with Gasteiger partial charge in [-0.25, -0.2) is 0 Å². The van der Waals surface area contributed by atoms with Gasteiger partial charge in [0, 0.05) is 20.1 Å². The molecule has 1 aromatic heterocycles. The summed E-state index contributed by atoms with van der Waals surface area (Å²) in [5, 5.41) is 27.9. The molecule has 0 aromatic carbocycles. The number of rotatable bonds is 3. The molecule has 0 aliphatic carbocycles. The molecule has 2 atom stereocenters. The summed E-state index contributed by atoms with van der Waals surface area (Å²) >= 11 is 1.31. The molecule has 1 aliphatic heterocycles. The first kappa shape index (κ1) is 14.3. The summed E-state index contributed by atoms with van der Waals surface area (Å²) in [5.41, 5.74) is -1.10. The van der Waals surface area contributed by atoms with Gasteiger partial charge in [-0.1, -0.05) is 11.8 Å². The predicted molar refractivity (Wildman–Crippen MR) is 69.6 cm³/mol. The Hall–Kier alpha value is -1.12. The number of likely N-dealkylation sites (tertiary alicyclic amines) is 1. The highest BCUT2D eigenvalue weighted by atomic mass is 32.2. The van der Waals surface area contributed by atoms with E-state index in [1.807, 2.05) is 7.05 Å². The maximum atomic E-state index is 12.0. The van der Waals surface area contributed by atoms with E-state index in [-0.39, 0.29) is 18.2 Å². The molecule has 0 spiro atoms. The highest BCUT2D eigenvalue weighted by Crippen LogP contribution is 2.23. The first-order valence-corrected chi connectivity index (χ1v) is 7.04. The van der Waals surface area contributed by atoms with Gasteiger partial charge in [0.25, 0.3) is 0 Å². The molecule has 0 radical (unpaired) electrons.